The number of pyridine rings is 1. The molecule has 0 unspecified atom stereocenters. The molecule has 0 aliphatic rings. The highest BCUT2D eigenvalue weighted by molar-refractivity contribution is 7.91. The number of aliphatic carboxylic acids is 1. The third-order valence-electron chi connectivity index (χ3n) is 2.51. The summed E-state index contributed by atoms with van der Waals surface area (Å²) in [6, 6.07) is 3.20. The molecule has 0 amide bonds. The molecule has 0 fully saturated rings. The Kier molecular flexibility index (Phi) is 5.69. The monoisotopic (exact) mass is 299 g/mol. The van der Waals surface area contributed by atoms with Gasteiger partial charge in [0.15, 0.2) is 9.84 Å². The van der Waals surface area contributed by atoms with E-state index in [1.165, 1.54) is 12.3 Å². The molecule has 6 nitrogen and oxygen atoms in total. The number of rotatable bonds is 7. The minimum Gasteiger partial charge on any atom is -0.491 e. The number of hydrogen-bond acceptors (Lipinski definition) is 5. The Morgan fingerprint density at radius 3 is 2.65 bits per heavy atom. The van der Waals surface area contributed by atoms with Crippen LogP contribution < -0.4 is 4.74 Å². The molecule has 0 bridgehead atoms. The van der Waals surface area contributed by atoms with Crippen molar-refractivity contribution in [3.05, 3.63) is 30.1 Å². The fourth-order valence-corrected chi connectivity index (χ4v) is 2.03. The molecule has 0 radical (unpaired) electrons. The minimum absolute atomic E-state index is 0.0503. The van der Waals surface area contributed by atoms with Crippen LogP contribution in [-0.4, -0.2) is 42.1 Å². The van der Waals surface area contributed by atoms with Crippen LogP contribution in [0.25, 0.3) is 6.08 Å². The summed E-state index contributed by atoms with van der Waals surface area (Å²) in [4.78, 5) is 14.3. The van der Waals surface area contributed by atoms with Crippen molar-refractivity contribution in [3.63, 3.8) is 0 Å². The van der Waals surface area contributed by atoms with Gasteiger partial charge in [-0.1, -0.05) is 0 Å². The van der Waals surface area contributed by atoms with Crippen molar-refractivity contribution in [1.29, 1.82) is 0 Å². The number of carboxylic acid groups (broad SMARTS) is 1. The van der Waals surface area contributed by atoms with Crippen molar-refractivity contribution >= 4 is 21.9 Å². The van der Waals surface area contributed by atoms with Crippen LogP contribution >= 0.6 is 0 Å². The first kappa shape index (κ1) is 16.2. The Hall–Kier alpha value is -1.89. The van der Waals surface area contributed by atoms with E-state index >= 15 is 0 Å². The van der Waals surface area contributed by atoms with Gasteiger partial charge < -0.3 is 9.84 Å². The fourth-order valence-electron chi connectivity index (χ4n) is 1.24. The highest BCUT2D eigenvalue weighted by Crippen LogP contribution is 2.10. The number of sulfone groups is 1. The average molecular weight is 299 g/mol. The standard InChI is InChI=1S/C13H17NO5S/c1-10(2)20(17,18)8-7-19-12-5-3-11(14-9-12)4-6-13(15)16/h3-6,9-10H,7-8H2,1-2H3,(H,15,16)/b6-4+. The normalized spacial score (nSPS) is 11.9. The van der Waals surface area contributed by atoms with Crippen LogP contribution in [0.2, 0.25) is 0 Å². The van der Waals surface area contributed by atoms with Crippen molar-refractivity contribution in [2.75, 3.05) is 12.4 Å². The van der Waals surface area contributed by atoms with Crippen LogP contribution in [0, 0.1) is 0 Å². The molecule has 1 aromatic heterocycles. The maximum atomic E-state index is 11.6. The average Bonchev–Trinajstić information content (AvgIpc) is 2.37. The highest BCUT2D eigenvalue weighted by Gasteiger charge is 2.15. The topological polar surface area (TPSA) is 93.6 Å². The zero-order chi connectivity index (χ0) is 15.2. The first-order valence-electron chi connectivity index (χ1n) is 6.02. The van der Waals surface area contributed by atoms with Crippen LogP contribution in [-0.2, 0) is 14.6 Å². The zero-order valence-electron chi connectivity index (χ0n) is 11.3. The van der Waals surface area contributed by atoms with E-state index in [1.807, 2.05) is 0 Å². The van der Waals surface area contributed by atoms with E-state index in [2.05, 4.69) is 4.98 Å². The number of nitrogens with zero attached hydrogens (tertiary/aromatic N) is 1. The number of aromatic nitrogens is 1. The number of carbonyl (C=O) groups is 1. The largest absolute Gasteiger partial charge is 0.491 e. The molecular weight excluding hydrogens is 282 g/mol. The van der Waals surface area contributed by atoms with Gasteiger partial charge in [0, 0.05) is 6.08 Å². The molecule has 1 heterocycles. The van der Waals surface area contributed by atoms with E-state index in [0.29, 0.717) is 11.4 Å². The molecule has 1 aromatic rings. The van der Waals surface area contributed by atoms with E-state index in [-0.39, 0.29) is 12.4 Å². The summed E-state index contributed by atoms with van der Waals surface area (Å²) in [6.45, 7) is 3.31. The summed E-state index contributed by atoms with van der Waals surface area (Å²) in [6.07, 6.45) is 3.76. The second kappa shape index (κ2) is 7.04. The van der Waals surface area contributed by atoms with E-state index in [1.54, 1.807) is 26.0 Å². The molecule has 0 saturated carbocycles. The lowest BCUT2D eigenvalue weighted by Crippen LogP contribution is -2.22. The third-order valence-corrected chi connectivity index (χ3v) is 4.68. The Labute approximate surface area is 118 Å². The van der Waals surface area contributed by atoms with Crippen molar-refractivity contribution < 1.29 is 23.1 Å². The highest BCUT2D eigenvalue weighted by atomic mass is 32.2. The maximum absolute atomic E-state index is 11.6. The van der Waals surface area contributed by atoms with Crippen LogP contribution in [0.3, 0.4) is 0 Å². The van der Waals surface area contributed by atoms with Crippen LogP contribution in [0.1, 0.15) is 19.5 Å². The zero-order valence-corrected chi connectivity index (χ0v) is 12.1. The Morgan fingerprint density at radius 1 is 1.45 bits per heavy atom. The van der Waals surface area contributed by atoms with Gasteiger partial charge in [-0.25, -0.2) is 13.2 Å². The number of ether oxygens (including phenoxy) is 1. The molecule has 1 rings (SSSR count). The van der Waals surface area contributed by atoms with Gasteiger partial charge in [0.25, 0.3) is 0 Å². The SMILES string of the molecule is CC(C)S(=O)(=O)CCOc1ccc(/C=C/C(=O)O)nc1. The van der Waals surface area contributed by atoms with Gasteiger partial charge in [-0.15, -0.1) is 0 Å². The van der Waals surface area contributed by atoms with Gasteiger partial charge in [-0.2, -0.15) is 0 Å². The van der Waals surface area contributed by atoms with Crippen molar-refractivity contribution in [2.45, 2.75) is 19.1 Å². The van der Waals surface area contributed by atoms with Crippen molar-refractivity contribution in [1.82, 2.24) is 4.98 Å². The molecular formula is C13H17NO5S. The van der Waals surface area contributed by atoms with Gasteiger partial charge in [0.2, 0.25) is 0 Å². The summed E-state index contributed by atoms with van der Waals surface area (Å²) in [5.41, 5.74) is 0.481. The maximum Gasteiger partial charge on any atom is 0.328 e. The Morgan fingerprint density at radius 2 is 2.15 bits per heavy atom. The van der Waals surface area contributed by atoms with Gasteiger partial charge in [-0.05, 0) is 32.1 Å². The lowest BCUT2D eigenvalue weighted by atomic mass is 10.3. The smallest absolute Gasteiger partial charge is 0.328 e. The summed E-state index contributed by atoms with van der Waals surface area (Å²) in [5, 5.41) is 8.05. The molecule has 0 aromatic carbocycles. The Bertz CT molecular complexity index is 575. The van der Waals surface area contributed by atoms with Crippen LogP contribution in [0.15, 0.2) is 24.4 Å². The molecule has 0 atom stereocenters. The van der Waals surface area contributed by atoms with Gasteiger partial charge >= 0.3 is 5.97 Å². The lowest BCUT2D eigenvalue weighted by molar-refractivity contribution is -0.131. The summed E-state index contributed by atoms with van der Waals surface area (Å²) in [7, 11) is -3.12. The van der Waals surface area contributed by atoms with Gasteiger partial charge in [-0.3, -0.25) is 4.98 Å². The number of carboxylic acids is 1. The molecule has 110 valence electrons. The molecule has 0 aliphatic heterocycles. The molecule has 20 heavy (non-hydrogen) atoms. The quantitative estimate of drug-likeness (QED) is 0.764. The Balaban J connectivity index is 2.52. The van der Waals surface area contributed by atoms with E-state index in [0.717, 1.165) is 6.08 Å². The van der Waals surface area contributed by atoms with E-state index in [9.17, 15) is 13.2 Å². The predicted molar refractivity (Wildman–Crippen MR) is 75.3 cm³/mol. The first-order chi connectivity index (χ1) is 9.31. The van der Waals surface area contributed by atoms with Gasteiger partial charge in [0.05, 0.1) is 22.9 Å². The first-order valence-corrected chi connectivity index (χ1v) is 7.74. The van der Waals surface area contributed by atoms with Gasteiger partial charge in [0.1, 0.15) is 12.4 Å². The summed E-state index contributed by atoms with van der Waals surface area (Å²) < 4.78 is 28.4. The summed E-state index contributed by atoms with van der Waals surface area (Å²) in [5.74, 6) is -0.659. The summed E-state index contributed by atoms with van der Waals surface area (Å²) >= 11 is 0. The van der Waals surface area contributed by atoms with Crippen LogP contribution in [0.4, 0.5) is 0 Å². The minimum atomic E-state index is -3.12. The van der Waals surface area contributed by atoms with Crippen molar-refractivity contribution in [2.24, 2.45) is 0 Å². The third kappa shape index (κ3) is 5.40. The molecule has 7 heteroatoms. The second-order valence-electron chi connectivity index (χ2n) is 4.35. The van der Waals surface area contributed by atoms with Crippen molar-refractivity contribution in [3.8, 4) is 5.75 Å². The van der Waals surface area contributed by atoms with Crippen LogP contribution in [0.5, 0.6) is 5.75 Å². The van der Waals surface area contributed by atoms with E-state index < -0.39 is 21.1 Å². The molecule has 0 spiro atoms. The number of hydrogen-bond donors (Lipinski definition) is 1. The fraction of sp³-hybridized carbons (Fsp3) is 0.385. The molecule has 0 saturated heterocycles. The predicted octanol–water partition coefficient (Wildman–Crippen LogP) is 1.38. The molecule has 0 aliphatic carbocycles. The lowest BCUT2D eigenvalue weighted by Gasteiger charge is -2.09. The second-order valence-corrected chi connectivity index (χ2v) is 7.03. The molecule has 1 N–H and O–H groups in total. The van der Waals surface area contributed by atoms with E-state index in [4.69, 9.17) is 9.84 Å².